The van der Waals surface area contributed by atoms with Crippen molar-refractivity contribution in [2.75, 3.05) is 45.7 Å². The second-order valence-corrected chi connectivity index (χ2v) is 7.12. The molecule has 0 aliphatic carbocycles. The van der Waals surface area contributed by atoms with Crippen LogP contribution in [0, 0.1) is 0 Å². The Balaban J connectivity index is 4.38. The number of hydrogen-bond acceptors (Lipinski definition) is 5. The van der Waals surface area contributed by atoms with Crippen molar-refractivity contribution in [3.63, 3.8) is 0 Å². The first kappa shape index (κ1) is 21.6. The zero-order valence-electron chi connectivity index (χ0n) is 15.1. The third-order valence-corrected chi connectivity index (χ3v) is 3.12. The predicted octanol–water partition coefficient (Wildman–Crippen LogP) is 0.705. The number of thioether (sulfide) groups is 1. The minimum atomic E-state index is -0.483. The molecule has 0 rings (SSSR count). The molecule has 134 valence electrons. The van der Waals surface area contributed by atoms with E-state index in [0.29, 0.717) is 12.5 Å². The summed E-state index contributed by atoms with van der Waals surface area (Å²) in [6, 6.07) is 0. The second-order valence-electron chi connectivity index (χ2n) is 6.14. The Morgan fingerprint density at radius 1 is 1.17 bits per heavy atom. The van der Waals surface area contributed by atoms with E-state index in [1.165, 1.54) is 4.90 Å². The maximum absolute atomic E-state index is 11.7. The maximum atomic E-state index is 11.7. The van der Waals surface area contributed by atoms with Crippen molar-refractivity contribution >= 4 is 29.6 Å². The number of guanidine groups is 1. The Labute approximate surface area is 143 Å². The van der Waals surface area contributed by atoms with Crippen molar-refractivity contribution in [1.29, 1.82) is 0 Å². The smallest absolute Gasteiger partial charge is 0.308 e. The van der Waals surface area contributed by atoms with Gasteiger partial charge in [0.1, 0.15) is 12.1 Å². The Kier molecular flexibility index (Phi) is 10.5. The summed E-state index contributed by atoms with van der Waals surface area (Å²) in [5.74, 6) is 1.10. The highest BCUT2D eigenvalue weighted by atomic mass is 32.2. The van der Waals surface area contributed by atoms with Gasteiger partial charge in [-0.2, -0.15) is 11.8 Å². The molecule has 0 aliphatic heterocycles. The molecule has 0 spiro atoms. The quantitative estimate of drug-likeness (QED) is 0.291. The zero-order chi connectivity index (χ0) is 17.9. The summed E-state index contributed by atoms with van der Waals surface area (Å²) in [6.45, 7) is 6.70. The maximum Gasteiger partial charge on any atom is 0.308 e. The lowest BCUT2D eigenvalue weighted by atomic mass is 10.2. The number of nitrogens with one attached hydrogen (secondary N) is 2. The van der Waals surface area contributed by atoms with E-state index >= 15 is 0 Å². The van der Waals surface area contributed by atoms with Crippen LogP contribution in [0.3, 0.4) is 0 Å². The number of amides is 1. The molecule has 0 saturated heterocycles. The van der Waals surface area contributed by atoms with E-state index in [9.17, 15) is 9.59 Å². The van der Waals surface area contributed by atoms with E-state index in [4.69, 9.17) is 4.74 Å². The Morgan fingerprint density at radius 2 is 1.78 bits per heavy atom. The average molecular weight is 346 g/mol. The molecular weight excluding hydrogens is 316 g/mol. The highest BCUT2D eigenvalue weighted by Gasteiger charge is 2.15. The molecule has 0 aliphatic rings. The van der Waals surface area contributed by atoms with Gasteiger partial charge >= 0.3 is 5.97 Å². The molecule has 0 bridgehead atoms. The van der Waals surface area contributed by atoms with Gasteiger partial charge in [-0.3, -0.25) is 9.59 Å². The van der Waals surface area contributed by atoms with Crippen LogP contribution >= 0.6 is 11.8 Å². The molecule has 0 aromatic carbocycles. The summed E-state index contributed by atoms with van der Waals surface area (Å²) in [5, 5.41) is 6.18. The number of ether oxygens (including phenoxy) is 1. The van der Waals surface area contributed by atoms with Gasteiger partial charge in [-0.05, 0) is 27.0 Å². The molecule has 0 heterocycles. The number of carbonyl (C=O) groups excluding carboxylic acids is 2. The average Bonchev–Trinajstić information content (AvgIpc) is 2.41. The molecule has 23 heavy (non-hydrogen) atoms. The molecule has 2 N–H and O–H groups in total. The van der Waals surface area contributed by atoms with Crippen LogP contribution in [0.25, 0.3) is 0 Å². The Morgan fingerprint density at radius 3 is 2.30 bits per heavy atom. The first-order chi connectivity index (χ1) is 10.7. The van der Waals surface area contributed by atoms with Gasteiger partial charge < -0.3 is 20.3 Å². The molecule has 7 nitrogen and oxygen atoms in total. The number of likely N-dealkylation sites (N-methyl/N-ethyl adjacent to an activating group) is 1. The van der Waals surface area contributed by atoms with Crippen LogP contribution in [0.4, 0.5) is 0 Å². The molecule has 8 heteroatoms. The van der Waals surface area contributed by atoms with Crippen LogP contribution in [-0.2, 0) is 14.3 Å². The minimum Gasteiger partial charge on any atom is -0.460 e. The summed E-state index contributed by atoms with van der Waals surface area (Å²) >= 11 is 1.71. The normalized spacial score (nSPS) is 11.8. The van der Waals surface area contributed by atoms with Crippen LogP contribution in [0.2, 0.25) is 0 Å². The lowest BCUT2D eigenvalue weighted by molar-refractivity contribution is -0.154. The van der Waals surface area contributed by atoms with Gasteiger partial charge in [-0.15, -0.1) is 0 Å². The number of hydrogen-bond donors (Lipinski definition) is 2. The predicted molar refractivity (Wildman–Crippen MR) is 95.8 cm³/mol. The van der Waals surface area contributed by atoms with Gasteiger partial charge in [-0.1, -0.05) is 0 Å². The molecule has 1 amide bonds. The number of esters is 1. The second kappa shape index (κ2) is 11.2. The van der Waals surface area contributed by atoms with E-state index in [1.54, 1.807) is 25.9 Å². The number of rotatable bonds is 8. The highest BCUT2D eigenvalue weighted by molar-refractivity contribution is 7.98. The summed E-state index contributed by atoms with van der Waals surface area (Å²) in [5.41, 5.74) is -0.483. The zero-order valence-corrected chi connectivity index (χ0v) is 15.9. The van der Waals surface area contributed by atoms with Crippen molar-refractivity contribution in [1.82, 2.24) is 15.5 Å². The molecule has 0 saturated carbocycles. The monoisotopic (exact) mass is 346 g/mol. The van der Waals surface area contributed by atoms with Gasteiger partial charge in [0, 0.05) is 32.9 Å². The van der Waals surface area contributed by atoms with Crippen LogP contribution in [0.1, 0.15) is 27.2 Å². The largest absolute Gasteiger partial charge is 0.460 e. The number of nitrogens with zero attached hydrogens (tertiary/aromatic N) is 2. The fourth-order valence-corrected chi connectivity index (χ4v) is 1.72. The van der Waals surface area contributed by atoms with Crippen LogP contribution in [0.5, 0.6) is 0 Å². The molecule has 0 fully saturated rings. The van der Waals surface area contributed by atoms with Crippen LogP contribution in [-0.4, -0.2) is 74.1 Å². The fraction of sp³-hybridized carbons (Fsp3) is 0.800. The van der Waals surface area contributed by atoms with Crippen molar-refractivity contribution in [2.24, 2.45) is 4.99 Å². The summed E-state index contributed by atoms with van der Waals surface area (Å²) in [7, 11) is 3.38. The van der Waals surface area contributed by atoms with E-state index in [2.05, 4.69) is 15.6 Å². The van der Waals surface area contributed by atoms with Gasteiger partial charge in [-0.25, -0.2) is 4.99 Å². The van der Waals surface area contributed by atoms with Gasteiger partial charge in [0.15, 0.2) is 5.96 Å². The first-order valence-electron chi connectivity index (χ1n) is 7.59. The third kappa shape index (κ3) is 12.8. The Bertz CT molecular complexity index is 406. The lowest BCUT2D eigenvalue weighted by Gasteiger charge is -2.19. The lowest BCUT2D eigenvalue weighted by Crippen LogP contribution is -2.40. The summed E-state index contributed by atoms with van der Waals surface area (Å²) < 4.78 is 5.24. The molecule has 0 aromatic heterocycles. The van der Waals surface area contributed by atoms with E-state index in [-0.39, 0.29) is 24.8 Å². The molecule has 0 radical (unpaired) electrons. The minimum absolute atomic E-state index is 0.0635. The molecular formula is C15H30N4O3S. The van der Waals surface area contributed by atoms with E-state index in [1.807, 2.05) is 27.0 Å². The van der Waals surface area contributed by atoms with Crippen molar-refractivity contribution in [2.45, 2.75) is 32.8 Å². The molecule has 0 atom stereocenters. The van der Waals surface area contributed by atoms with Gasteiger partial charge in [0.25, 0.3) is 0 Å². The van der Waals surface area contributed by atoms with Crippen molar-refractivity contribution in [3.8, 4) is 0 Å². The first-order valence-corrected chi connectivity index (χ1v) is 8.98. The molecule has 0 aromatic rings. The Hall–Kier alpha value is -1.44. The van der Waals surface area contributed by atoms with Gasteiger partial charge in [0.05, 0.1) is 6.42 Å². The summed E-state index contributed by atoms with van der Waals surface area (Å²) in [4.78, 5) is 29.0. The van der Waals surface area contributed by atoms with E-state index < -0.39 is 5.60 Å². The van der Waals surface area contributed by atoms with Crippen molar-refractivity contribution < 1.29 is 14.3 Å². The van der Waals surface area contributed by atoms with Crippen LogP contribution < -0.4 is 10.6 Å². The summed E-state index contributed by atoms with van der Waals surface area (Å²) in [6.07, 6.45) is 2.26. The number of aliphatic imine (C=N–C) groups is 1. The number of carbonyl (C=O) groups is 2. The third-order valence-electron chi connectivity index (χ3n) is 2.51. The van der Waals surface area contributed by atoms with Gasteiger partial charge in [0.2, 0.25) is 5.91 Å². The topological polar surface area (TPSA) is 83.0 Å². The SMILES string of the molecule is CSCCNC(=NCC(=O)N(C)C)NCCC(=O)OC(C)(C)C. The van der Waals surface area contributed by atoms with Crippen molar-refractivity contribution in [3.05, 3.63) is 0 Å². The van der Waals surface area contributed by atoms with Crippen LogP contribution in [0.15, 0.2) is 4.99 Å². The van der Waals surface area contributed by atoms with E-state index in [0.717, 1.165) is 12.3 Å². The molecule has 0 unspecified atom stereocenters. The fourth-order valence-electron chi connectivity index (χ4n) is 1.41. The standard InChI is InChI=1S/C15H30N4O3S/c1-15(2,3)22-13(21)7-8-16-14(17-9-10-23-6)18-11-12(20)19(4)5/h7-11H2,1-6H3,(H2,16,17,18). The highest BCUT2D eigenvalue weighted by Crippen LogP contribution is 2.07.